The van der Waals surface area contributed by atoms with Gasteiger partial charge < -0.3 is 9.72 Å². The predicted octanol–water partition coefficient (Wildman–Crippen LogP) is 2.56. The number of hydrogen-bond donors (Lipinski definition) is 1. The molecule has 2 aromatic heterocycles. The first kappa shape index (κ1) is 15.5. The van der Waals surface area contributed by atoms with Gasteiger partial charge in [-0.1, -0.05) is 12.1 Å². The van der Waals surface area contributed by atoms with Crippen LogP contribution in [0.2, 0.25) is 0 Å². The fourth-order valence-corrected chi connectivity index (χ4v) is 3.83. The van der Waals surface area contributed by atoms with E-state index in [0.717, 1.165) is 11.1 Å². The normalized spacial score (nSPS) is 11.8. The van der Waals surface area contributed by atoms with E-state index in [1.54, 1.807) is 25.4 Å². The van der Waals surface area contributed by atoms with Gasteiger partial charge in [-0.25, -0.2) is 13.4 Å². The van der Waals surface area contributed by atoms with Crippen molar-refractivity contribution in [3.8, 4) is 5.75 Å². The molecule has 0 atom stereocenters. The molecule has 2 heterocycles. The van der Waals surface area contributed by atoms with Crippen molar-refractivity contribution in [3.05, 3.63) is 47.3 Å². The van der Waals surface area contributed by atoms with Crippen LogP contribution in [0, 0.1) is 13.8 Å². The van der Waals surface area contributed by atoms with Crippen LogP contribution in [0.15, 0.2) is 35.6 Å². The van der Waals surface area contributed by atoms with Gasteiger partial charge in [-0.2, -0.15) is 0 Å². The van der Waals surface area contributed by atoms with Gasteiger partial charge in [-0.05, 0) is 26.0 Å². The topological polar surface area (TPSA) is 84.9 Å². The lowest BCUT2D eigenvalue weighted by Gasteiger charge is -2.11. The summed E-state index contributed by atoms with van der Waals surface area (Å²) in [6.07, 6.45) is 1.62. The van der Waals surface area contributed by atoms with E-state index in [4.69, 9.17) is 4.74 Å². The molecule has 0 bridgehead atoms. The van der Waals surface area contributed by atoms with E-state index >= 15 is 0 Å². The third-order valence-corrected chi connectivity index (χ3v) is 5.17. The molecule has 0 radical (unpaired) electrons. The Morgan fingerprint density at radius 1 is 1.22 bits per heavy atom. The van der Waals surface area contributed by atoms with E-state index < -0.39 is 9.84 Å². The van der Waals surface area contributed by atoms with Crippen molar-refractivity contribution in [1.82, 2.24) is 15.0 Å². The van der Waals surface area contributed by atoms with E-state index in [1.807, 2.05) is 26.0 Å². The maximum absolute atomic E-state index is 12.6. The van der Waals surface area contributed by atoms with Gasteiger partial charge >= 0.3 is 0 Å². The molecule has 7 heteroatoms. The lowest BCUT2D eigenvalue weighted by atomic mass is 10.1. The number of aromatic nitrogens is 3. The van der Waals surface area contributed by atoms with Gasteiger partial charge in [0.05, 0.1) is 23.8 Å². The molecule has 0 unspecified atom stereocenters. The molecule has 1 aromatic carbocycles. The maximum atomic E-state index is 12.6. The first-order valence-electron chi connectivity index (χ1n) is 7.09. The van der Waals surface area contributed by atoms with Crippen molar-refractivity contribution in [2.24, 2.45) is 0 Å². The van der Waals surface area contributed by atoms with E-state index in [-0.39, 0.29) is 10.9 Å². The van der Waals surface area contributed by atoms with Crippen molar-refractivity contribution < 1.29 is 13.2 Å². The molecule has 0 fully saturated rings. The summed E-state index contributed by atoms with van der Waals surface area (Å²) in [4.78, 5) is 11.3. The molecule has 0 amide bonds. The highest BCUT2D eigenvalue weighted by atomic mass is 32.2. The number of aryl methyl sites for hydroxylation is 1. The summed E-state index contributed by atoms with van der Waals surface area (Å²) in [6.45, 7) is 3.68. The number of aromatic amines is 1. The van der Waals surface area contributed by atoms with E-state index in [9.17, 15) is 8.42 Å². The fraction of sp³-hybridized carbons (Fsp3) is 0.250. The molecular formula is C16H17N3O3S. The SMILES string of the molecule is COc1c(C)cnc(CS(=O)(=O)c2nc3ccccc3[nH]2)c1C. The summed E-state index contributed by atoms with van der Waals surface area (Å²) in [7, 11) is -2.06. The molecule has 0 saturated heterocycles. The molecular weight excluding hydrogens is 314 g/mol. The van der Waals surface area contributed by atoms with Crippen LogP contribution in [0.5, 0.6) is 5.75 Å². The summed E-state index contributed by atoms with van der Waals surface area (Å²) in [5, 5.41) is -0.0422. The van der Waals surface area contributed by atoms with Crippen LogP contribution in [0.1, 0.15) is 16.8 Å². The number of fused-ring (bicyclic) bond motifs is 1. The Morgan fingerprint density at radius 3 is 2.65 bits per heavy atom. The molecule has 23 heavy (non-hydrogen) atoms. The van der Waals surface area contributed by atoms with Gasteiger partial charge in [0, 0.05) is 17.3 Å². The number of nitrogens with one attached hydrogen (secondary N) is 1. The molecule has 1 N–H and O–H groups in total. The molecule has 0 spiro atoms. The number of rotatable bonds is 4. The van der Waals surface area contributed by atoms with Crippen LogP contribution in [0.25, 0.3) is 11.0 Å². The van der Waals surface area contributed by atoms with Crippen LogP contribution in [0.4, 0.5) is 0 Å². The minimum Gasteiger partial charge on any atom is -0.496 e. The van der Waals surface area contributed by atoms with Gasteiger partial charge in [-0.3, -0.25) is 4.98 Å². The standard InChI is InChI=1S/C16H17N3O3S/c1-10-8-17-14(11(2)15(10)22-3)9-23(20,21)16-18-12-6-4-5-7-13(12)19-16/h4-8H,9H2,1-3H3,(H,18,19). The fourth-order valence-electron chi connectivity index (χ4n) is 2.54. The van der Waals surface area contributed by atoms with Crippen LogP contribution >= 0.6 is 0 Å². The maximum Gasteiger partial charge on any atom is 0.226 e. The zero-order valence-corrected chi connectivity index (χ0v) is 13.9. The summed E-state index contributed by atoms with van der Waals surface area (Å²) in [5.41, 5.74) is 3.38. The van der Waals surface area contributed by atoms with Crippen molar-refractivity contribution in [2.75, 3.05) is 7.11 Å². The molecule has 3 rings (SSSR count). The van der Waals surface area contributed by atoms with Crippen molar-refractivity contribution in [3.63, 3.8) is 0 Å². The molecule has 0 saturated carbocycles. The monoisotopic (exact) mass is 331 g/mol. The van der Waals surface area contributed by atoms with Gasteiger partial charge in [0.15, 0.2) is 0 Å². The second kappa shape index (κ2) is 5.66. The third kappa shape index (κ3) is 2.79. The van der Waals surface area contributed by atoms with Crippen molar-refractivity contribution in [1.29, 1.82) is 0 Å². The molecule has 0 aliphatic rings. The minimum atomic E-state index is -3.62. The summed E-state index contributed by atoms with van der Waals surface area (Å²) in [6, 6.07) is 7.20. The first-order chi connectivity index (χ1) is 10.9. The van der Waals surface area contributed by atoms with Crippen LogP contribution in [-0.4, -0.2) is 30.5 Å². The van der Waals surface area contributed by atoms with Crippen LogP contribution < -0.4 is 4.74 Å². The zero-order chi connectivity index (χ0) is 16.6. The number of para-hydroxylation sites is 2. The number of sulfone groups is 1. The molecule has 0 aliphatic heterocycles. The Morgan fingerprint density at radius 2 is 1.96 bits per heavy atom. The number of benzene rings is 1. The number of H-pyrrole nitrogens is 1. The lowest BCUT2D eigenvalue weighted by molar-refractivity contribution is 0.407. The largest absolute Gasteiger partial charge is 0.496 e. The van der Waals surface area contributed by atoms with Gasteiger partial charge in [0.25, 0.3) is 0 Å². The van der Waals surface area contributed by atoms with Crippen molar-refractivity contribution >= 4 is 20.9 Å². The smallest absolute Gasteiger partial charge is 0.226 e. The van der Waals surface area contributed by atoms with Gasteiger partial charge in [-0.15, -0.1) is 0 Å². The zero-order valence-electron chi connectivity index (χ0n) is 13.1. The molecule has 6 nitrogen and oxygen atoms in total. The summed E-state index contributed by atoms with van der Waals surface area (Å²) >= 11 is 0. The Labute approximate surface area is 134 Å². The molecule has 0 aliphatic carbocycles. The van der Waals surface area contributed by atoms with Crippen LogP contribution in [0.3, 0.4) is 0 Å². The number of ether oxygens (including phenoxy) is 1. The molecule has 3 aromatic rings. The second-order valence-electron chi connectivity index (χ2n) is 5.36. The number of pyridine rings is 1. The number of nitrogens with zero attached hydrogens (tertiary/aromatic N) is 2. The predicted molar refractivity (Wildman–Crippen MR) is 87.2 cm³/mol. The number of methoxy groups -OCH3 is 1. The highest BCUT2D eigenvalue weighted by Crippen LogP contribution is 2.26. The Hall–Kier alpha value is -2.41. The van der Waals surface area contributed by atoms with E-state index in [1.165, 1.54) is 0 Å². The van der Waals surface area contributed by atoms with Gasteiger partial charge in [0.1, 0.15) is 11.5 Å². The summed E-state index contributed by atoms with van der Waals surface area (Å²) < 4.78 is 30.6. The Kier molecular flexibility index (Phi) is 3.81. The summed E-state index contributed by atoms with van der Waals surface area (Å²) in [5.74, 6) is 0.435. The van der Waals surface area contributed by atoms with E-state index in [2.05, 4.69) is 15.0 Å². The molecule has 120 valence electrons. The first-order valence-corrected chi connectivity index (χ1v) is 8.74. The highest BCUT2D eigenvalue weighted by molar-refractivity contribution is 7.90. The quantitative estimate of drug-likeness (QED) is 0.794. The lowest BCUT2D eigenvalue weighted by Crippen LogP contribution is -2.10. The minimum absolute atomic E-state index is 0.0422. The average molecular weight is 331 g/mol. The Balaban J connectivity index is 2.01. The number of imidazole rings is 1. The van der Waals surface area contributed by atoms with Gasteiger partial charge in [0.2, 0.25) is 15.0 Å². The average Bonchev–Trinajstić information content (AvgIpc) is 2.96. The highest BCUT2D eigenvalue weighted by Gasteiger charge is 2.23. The van der Waals surface area contributed by atoms with Crippen LogP contribution in [-0.2, 0) is 15.6 Å². The van der Waals surface area contributed by atoms with Crippen molar-refractivity contribution in [2.45, 2.75) is 24.8 Å². The van der Waals surface area contributed by atoms with E-state index in [0.29, 0.717) is 22.5 Å². The number of hydrogen-bond acceptors (Lipinski definition) is 5. The third-order valence-electron chi connectivity index (χ3n) is 3.74. The second-order valence-corrected chi connectivity index (χ2v) is 7.27. The Bertz CT molecular complexity index is 944.